The van der Waals surface area contributed by atoms with Gasteiger partial charge in [0.1, 0.15) is 13.2 Å². The average Bonchev–Trinajstić information content (AvgIpc) is 3.16. The Kier molecular flexibility index (Phi) is 5.57. The van der Waals surface area contributed by atoms with Gasteiger partial charge in [0, 0.05) is 51.4 Å². The fourth-order valence-corrected chi connectivity index (χ4v) is 4.40. The minimum absolute atomic E-state index is 0.0470. The molecular formula is C25H28N4O3. The molecule has 0 aliphatic carbocycles. The fourth-order valence-electron chi connectivity index (χ4n) is 4.40. The van der Waals surface area contributed by atoms with Crippen molar-refractivity contribution in [2.75, 3.05) is 33.9 Å². The number of hydrogen-bond acceptors (Lipinski definition) is 5. The van der Waals surface area contributed by atoms with Gasteiger partial charge in [-0.1, -0.05) is 36.4 Å². The third-order valence-corrected chi connectivity index (χ3v) is 6.01. The second kappa shape index (κ2) is 8.67. The normalized spacial score (nSPS) is 15.3. The number of hydrogen-bond donors (Lipinski definition) is 0. The molecule has 1 amide bonds. The Balaban J connectivity index is 1.40. The molecule has 2 aromatic carbocycles. The van der Waals surface area contributed by atoms with Gasteiger partial charge >= 0.3 is 0 Å². The second-order valence-corrected chi connectivity index (χ2v) is 8.56. The monoisotopic (exact) mass is 432 g/mol. The zero-order chi connectivity index (χ0) is 22.1. The number of benzene rings is 2. The lowest BCUT2D eigenvalue weighted by molar-refractivity contribution is 0.0818. The topological polar surface area (TPSA) is 59.8 Å². The second-order valence-electron chi connectivity index (χ2n) is 8.56. The van der Waals surface area contributed by atoms with Crippen LogP contribution in [0.25, 0.3) is 0 Å². The van der Waals surface area contributed by atoms with Gasteiger partial charge < -0.3 is 14.4 Å². The molecule has 0 fully saturated rings. The standard InChI is InChI=1S/C25H28N4O3/c1-27(2)25(30)24-20-17-28(15-19-8-9-22-23(14-19)32-13-12-31-22)11-10-21(20)29(26-24)16-18-6-4-3-5-7-18/h3-9,14H,10-13,15-17H2,1-2H3. The lowest BCUT2D eigenvalue weighted by Crippen LogP contribution is -2.32. The number of fused-ring (bicyclic) bond motifs is 2. The molecule has 0 N–H and O–H groups in total. The van der Waals surface area contributed by atoms with Gasteiger partial charge in [0.15, 0.2) is 17.2 Å². The molecular weight excluding hydrogens is 404 g/mol. The Morgan fingerprint density at radius 3 is 2.56 bits per heavy atom. The molecule has 0 unspecified atom stereocenters. The molecule has 0 saturated carbocycles. The van der Waals surface area contributed by atoms with Crippen LogP contribution in [0.4, 0.5) is 0 Å². The van der Waals surface area contributed by atoms with E-state index in [9.17, 15) is 4.79 Å². The van der Waals surface area contributed by atoms with Crippen molar-refractivity contribution in [1.82, 2.24) is 19.6 Å². The maximum Gasteiger partial charge on any atom is 0.274 e. The molecule has 0 saturated heterocycles. The molecule has 3 aromatic rings. The van der Waals surface area contributed by atoms with Crippen LogP contribution in [-0.2, 0) is 26.1 Å². The summed E-state index contributed by atoms with van der Waals surface area (Å²) in [5.41, 5.74) is 5.13. The van der Waals surface area contributed by atoms with Gasteiger partial charge in [0.05, 0.1) is 6.54 Å². The number of rotatable bonds is 5. The van der Waals surface area contributed by atoms with Crippen LogP contribution in [0.5, 0.6) is 11.5 Å². The van der Waals surface area contributed by atoms with Crippen molar-refractivity contribution in [3.63, 3.8) is 0 Å². The number of carbonyl (C=O) groups excluding carboxylic acids is 1. The van der Waals surface area contributed by atoms with Gasteiger partial charge in [-0.15, -0.1) is 0 Å². The van der Waals surface area contributed by atoms with Crippen LogP contribution >= 0.6 is 0 Å². The number of amides is 1. The van der Waals surface area contributed by atoms with Gasteiger partial charge in [0.25, 0.3) is 5.91 Å². The van der Waals surface area contributed by atoms with E-state index in [0.717, 1.165) is 42.3 Å². The van der Waals surface area contributed by atoms with Crippen molar-refractivity contribution in [2.45, 2.75) is 26.1 Å². The van der Waals surface area contributed by atoms with E-state index in [4.69, 9.17) is 14.6 Å². The fraction of sp³-hybridized carbons (Fsp3) is 0.360. The molecule has 166 valence electrons. The minimum Gasteiger partial charge on any atom is -0.486 e. The summed E-state index contributed by atoms with van der Waals surface area (Å²) >= 11 is 0. The predicted octanol–water partition coefficient (Wildman–Crippen LogP) is 2.96. The third kappa shape index (κ3) is 4.08. The van der Waals surface area contributed by atoms with E-state index in [2.05, 4.69) is 29.2 Å². The summed E-state index contributed by atoms with van der Waals surface area (Å²) in [6.07, 6.45) is 0.862. The third-order valence-electron chi connectivity index (χ3n) is 6.01. The smallest absolute Gasteiger partial charge is 0.274 e. The Morgan fingerprint density at radius 1 is 1.00 bits per heavy atom. The summed E-state index contributed by atoms with van der Waals surface area (Å²) in [5.74, 6) is 1.57. The van der Waals surface area contributed by atoms with Crippen molar-refractivity contribution < 1.29 is 14.3 Å². The molecule has 1 aromatic heterocycles. The first kappa shape index (κ1) is 20.6. The Labute approximate surface area is 188 Å². The van der Waals surface area contributed by atoms with Crippen molar-refractivity contribution in [1.29, 1.82) is 0 Å². The SMILES string of the molecule is CN(C)C(=O)c1nn(Cc2ccccc2)c2c1CN(Cc1ccc3c(c1)OCCO3)CC2. The molecule has 7 nitrogen and oxygen atoms in total. The van der Waals surface area contributed by atoms with Crippen LogP contribution in [-0.4, -0.2) is 59.3 Å². The summed E-state index contributed by atoms with van der Waals surface area (Å²) in [4.78, 5) is 16.9. The lowest BCUT2D eigenvalue weighted by atomic mass is 10.0. The molecule has 7 heteroatoms. The van der Waals surface area contributed by atoms with Gasteiger partial charge in [0.2, 0.25) is 0 Å². The van der Waals surface area contributed by atoms with Crippen molar-refractivity contribution in [2.24, 2.45) is 0 Å². The zero-order valence-corrected chi connectivity index (χ0v) is 18.6. The maximum atomic E-state index is 12.9. The Morgan fingerprint density at radius 2 is 1.78 bits per heavy atom. The van der Waals surface area contributed by atoms with Gasteiger partial charge in [-0.2, -0.15) is 5.10 Å². The molecule has 2 aliphatic heterocycles. The Bertz CT molecular complexity index is 1120. The van der Waals surface area contributed by atoms with Crippen LogP contribution in [0.1, 0.15) is 32.9 Å². The highest BCUT2D eigenvalue weighted by Crippen LogP contribution is 2.32. The molecule has 0 radical (unpaired) electrons. The number of aromatic nitrogens is 2. The van der Waals surface area contributed by atoms with Crippen LogP contribution in [0, 0.1) is 0 Å². The molecule has 0 atom stereocenters. The summed E-state index contributed by atoms with van der Waals surface area (Å²) in [6, 6.07) is 16.4. The molecule has 0 bridgehead atoms. The summed E-state index contributed by atoms with van der Waals surface area (Å²) in [6.45, 7) is 4.25. The highest BCUT2D eigenvalue weighted by atomic mass is 16.6. The highest BCUT2D eigenvalue weighted by molar-refractivity contribution is 5.93. The Hall–Kier alpha value is -3.32. The van der Waals surface area contributed by atoms with Crippen LogP contribution in [0.15, 0.2) is 48.5 Å². The molecule has 2 aliphatic rings. The molecule has 3 heterocycles. The molecule has 0 spiro atoms. The van der Waals surface area contributed by atoms with E-state index in [1.54, 1.807) is 19.0 Å². The number of carbonyl (C=O) groups is 1. The van der Waals surface area contributed by atoms with Crippen LogP contribution < -0.4 is 9.47 Å². The number of nitrogens with zero attached hydrogens (tertiary/aromatic N) is 4. The van der Waals surface area contributed by atoms with E-state index < -0.39 is 0 Å². The minimum atomic E-state index is -0.0470. The van der Waals surface area contributed by atoms with Crippen molar-refractivity contribution in [3.8, 4) is 11.5 Å². The summed E-state index contributed by atoms with van der Waals surface area (Å²) in [7, 11) is 3.56. The van der Waals surface area contributed by atoms with E-state index in [-0.39, 0.29) is 5.91 Å². The average molecular weight is 433 g/mol. The number of ether oxygens (including phenoxy) is 2. The van der Waals surface area contributed by atoms with Crippen LogP contribution in [0.3, 0.4) is 0 Å². The highest BCUT2D eigenvalue weighted by Gasteiger charge is 2.29. The quantitative estimate of drug-likeness (QED) is 0.620. The summed E-state index contributed by atoms with van der Waals surface area (Å²) in [5, 5.41) is 4.77. The van der Waals surface area contributed by atoms with Crippen LogP contribution in [0.2, 0.25) is 0 Å². The first-order valence-electron chi connectivity index (χ1n) is 11.0. The summed E-state index contributed by atoms with van der Waals surface area (Å²) < 4.78 is 13.4. The van der Waals surface area contributed by atoms with E-state index in [0.29, 0.717) is 32.0 Å². The van der Waals surface area contributed by atoms with Gasteiger partial charge in [-0.3, -0.25) is 14.4 Å². The maximum absolute atomic E-state index is 12.9. The van der Waals surface area contributed by atoms with Crippen molar-refractivity contribution in [3.05, 3.63) is 76.6 Å². The lowest BCUT2D eigenvalue weighted by Gasteiger charge is -2.28. The first-order chi connectivity index (χ1) is 15.6. The zero-order valence-electron chi connectivity index (χ0n) is 18.6. The van der Waals surface area contributed by atoms with Gasteiger partial charge in [-0.25, -0.2) is 0 Å². The van der Waals surface area contributed by atoms with Crippen molar-refractivity contribution >= 4 is 5.91 Å². The van der Waals surface area contributed by atoms with E-state index >= 15 is 0 Å². The predicted molar refractivity (Wildman–Crippen MR) is 121 cm³/mol. The molecule has 32 heavy (non-hydrogen) atoms. The molecule has 5 rings (SSSR count). The van der Waals surface area contributed by atoms with E-state index in [1.165, 1.54) is 11.1 Å². The largest absolute Gasteiger partial charge is 0.486 e. The first-order valence-corrected chi connectivity index (χ1v) is 11.0. The van der Waals surface area contributed by atoms with E-state index in [1.807, 2.05) is 28.9 Å². The van der Waals surface area contributed by atoms with Gasteiger partial charge in [-0.05, 0) is 23.3 Å².